The van der Waals surface area contributed by atoms with Gasteiger partial charge in [-0.2, -0.15) is 0 Å². The van der Waals surface area contributed by atoms with Crippen molar-refractivity contribution in [3.05, 3.63) is 29.8 Å². The Morgan fingerprint density at radius 3 is 2.68 bits per heavy atom. The van der Waals surface area contributed by atoms with Crippen molar-refractivity contribution in [3.63, 3.8) is 0 Å². The number of morpholine rings is 1. The largest absolute Gasteiger partial charge is 0.379 e. The zero-order chi connectivity index (χ0) is 15.8. The summed E-state index contributed by atoms with van der Waals surface area (Å²) in [6, 6.07) is 8.30. The highest BCUT2D eigenvalue weighted by Crippen LogP contribution is 2.23. The highest BCUT2D eigenvalue weighted by Gasteiger charge is 2.14. The quantitative estimate of drug-likeness (QED) is 0.618. The minimum absolute atomic E-state index is 0.0638. The van der Waals surface area contributed by atoms with Crippen molar-refractivity contribution in [2.45, 2.75) is 30.4 Å². The van der Waals surface area contributed by atoms with Crippen LogP contribution >= 0.6 is 11.8 Å². The number of benzene rings is 1. The Morgan fingerprint density at radius 1 is 1.32 bits per heavy atom. The first-order valence-electron chi connectivity index (χ1n) is 7.96. The van der Waals surface area contributed by atoms with Gasteiger partial charge in [0.05, 0.1) is 18.5 Å². The Hall–Kier alpha value is -1.04. The van der Waals surface area contributed by atoms with Crippen LogP contribution in [0.2, 0.25) is 0 Å². The van der Waals surface area contributed by atoms with Crippen LogP contribution in [-0.4, -0.2) is 55.4 Å². The number of amides is 1. The minimum Gasteiger partial charge on any atom is -0.379 e. The first-order valence-corrected chi connectivity index (χ1v) is 8.84. The smallest absolute Gasteiger partial charge is 0.233 e. The van der Waals surface area contributed by atoms with Crippen LogP contribution in [0.4, 0.5) is 0 Å². The Morgan fingerprint density at radius 2 is 2.00 bits per heavy atom. The van der Waals surface area contributed by atoms with Crippen molar-refractivity contribution < 1.29 is 9.53 Å². The normalized spacial score (nSPS) is 17.2. The van der Waals surface area contributed by atoms with E-state index in [1.807, 2.05) is 6.92 Å². The first-order chi connectivity index (χ1) is 10.6. The molecule has 0 bridgehead atoms. The molecule has 0 radical (unpaired) electrons. The number of ether oxygens (including phenoxy) is 1. The molecule has 4 nitrogen and oxygen atoms in total. The van der Waals surface area contributed by atoms with Gasteiger partial charge in [-0.05, 0) is 38.9 Å². The molecule has 122 valence electrons. The standard InChI is InChI=1S/C17H26N2O2S/c1-14-4-6-16(7-5-14)22-15(2)17(20)18-8-3-9-19-10-12-21-13-11-19/h4-7,15H,3,8-13H2,1-2H3,(H,18,20)/t15-/m0/s1. The maximum atomic E-state index is 12.1. The number of aryl methyl sites for hydroxylation is 1. The van der Waals surface area contributed by atoms with Crippen LogP contribution in [-0.2, 0) is 9.53 Å². The number of nitrogens with zero attached hydrogens (tertiary/aromatic N) is 1. The molecule has 0 aliphatic carbocycles. The summed E-state index contributed by atoms with van der Waals surface area (Å²) in [6.45, 7) is 9.48. The molecule has 1 amide bonds. The van der Waals surface area contributed by atoms with Crippen molar-refractivity contribution in [2.75, 3.05) is 39.4 Å². The van der Waals surface area contributed by atoms with E-state index in [4.69, 9.17) is 4.74 Å². The molecule has 1 aromatic rings. The van der Waals surface area contributed by atoms with Crippen LogP contribution in [0.25, 0.3) is 0 Å². The predicted molar refractivity (Wildman–Crippen MR) is 91.4 cm³/mol. The number of hydrogen-bond acceptors (Lipinski definition) is 4. The average molecular weight is 322 g/mol. The van der Waals surface area contributed by atoms with Crippen LogP contribution in [0.1, 0.15) is 18.9 Å². The van der Waals surface area contributed by atoms with E-state index >= 15 is 0 Å². The van der Waals surface area contributed by atoms with Gasteiger partial charge in [0.2, 0.25) is 5.91 Å². The summed E-state index contributed by atoms with van der Waals surface area (Å²) in [5, 5.41) is 2.97. The van der Waals surface area contributed by atoms with E-state index < -0.39 is 0 Å². The molecular weight excluding hydrogens is 296 g/mol. The molecule has 2 rings (SSSR count). The zero-order valence-corrected chi connectivity index (χ0v) is 14.3. The van der Waals surface area contributed by atoms with Crippen molar-refractivity contribution in [3.8, 4) is 0 Å². The molecule has 0 unspecified atom stereocenters. The lowest BCUT2D eigenvalue weighted by molar-refractivity contribution is -0.120. The fraction of sp³-hybridized carbons (Fsp3) is 0.588. The van der Waals surface area contributed by atoms with Crippen molar-refractivity contribution in [1.29, 1.82) is 0 Å². The molecule has 0 aromatic heterocycles. The van der Waals surface area contributed by atoms with Crippen LogP contribution in [0.5, 0.6) is 0 Å². The second-order valence-corrected chi connectivity index (χ2v) is 7.09. The molecule has 1 aliphatic heterocycles. The molecule has 1 heterocycles. The summed E-state index contributed by atoms with van der Waals surface area (Å²) in [4.78, 5) is 15.6. The van der Waals surface area contributed by atoms with E-state index in [2.05, 4.69) is 41.4 Å². The SMILES string of the molecule is Cc1ccc(S[C@@H](C)C(=O)NCCCN2CCOCC2)cc1. The van der Waals surface area contributed by atoms with E-state index in [1.54, 1.807) is 11.8 Å². The van der Waals surface area contributed by atoms with Crippen molar-refractivity contribution in [2.24, 2.45) is 0 Å². The van der Waals surface area contributed by atoms with Gasteiger partial charge in [0, 0.05) is 24.5 Å². The Kier molecular flexibility index (Phi) is 7.22. The highest BCUT2D eigenvalue weighted by molar-refractivity contribution is 8.00. The van der Waals surface area contributed by atoms with Gasteiger partial charge in [0.25, 0.3) is 0 Å². The molecule has 1 fully saturated rings. The monoisotopic (exact) mass is 322 g/mol. The number of rotatable bonds is 7. The molecule has 1 N–H and O–H groups in total. The third-order valence-corrected chi connectivity index (χ3v) is 4.87. The first kappa shape index (κ1) is 17.3. The lowest BCUT2D eigenvalue weighted by Crippen LogP contribution is -2.38. The van der Waals surface area contributed by atoms with Crippen molar-refractivity contribution >= 4 is 17.7 Å². The molecule has 1 aliphatic rings. The average Bonchev–Trinajstić information content (AvgIpc) is 2.54. The Labute approximate surface area is 137 Å². The van der Waals surface area contributed by atoms with Gasteiger partial charge in [-0.3, -0.25) is 9.69 Å². The van der Waals surface area contributed by atoms with Gasteiger partial charge >= 0.3 is 0 Å². The molecule has 5 heteroatoms. The fourth-order valence-electron chi connectivity index (χ4n) is 2.36. The van der Waals surface area contributed by atoms with E-state index in [0.717, 1.165) is 50.7 Å². The van der Waals surface area contributed by atoms with Gasteiger partial charge in [0.1, 0.15) is 0 Å². The van der Waals surface area contributed by atoms with Gasteiger partial charge in [-0.25, -0.2) is 0 Å². The van der Waals surface area contributed by atoms with Crippen LogP contribution in [0.3, 0.4) is 0 Å². The predicted octanol–water partition coefficient (Wildman–Crippen LogP) is 2.31. The van der Waals surface area contributed by atoms with Gasteiger partial charge in [0.15, 0.2) is 0 Å². The number of carbonyl (C=O) groups is 1. The summed E-state index contributed by atoms with van der Waals surface area (Å²) in [7, 11) is 0. The third-order valence-electron chi connectivity index (χ3n) is 3.76. The summed E-state index contributed by atoms with van der Waals surface area (Å²) in [5.41, 5.74) is 1.24. The maximum Gasteiger partial charge on any atom is 0.233 e. The molecule has 22 heavy (non-hydrogen) atoms. The van der Waals surface area contributed by atoms with Crippen molar-refractivity contribution in [1.82, 2.24) is 10.2 Å². The summed E-state index contributed by atoms with van der Waals surface area (Å²) in [6.07, 6.45) is 0.994. The molecular formula is C17H26N2O2S. The minimum atomic E-state index is -0.0638. The number of thioether (sulfide) groups is 1. The zero-order valence-electron chi connectivity index (χ0n) is 13.5. The fourth-order valence-corrected chi connectivity index (χ4v) is 3.25. The second kappa shape index (κ2) is 9.18. The number of hydrogen-bond donors (Lipinski definition) is 1. The second-order valence-electron chi connectivity index (χ2n) is 5.67. The van der Waals surface area contributed by atoms with E-state index in [0.29, 0.717) is 0 Å². The van der Waals surface area contributed by atoms with Gasteiger partial charge in [-0.15, -0.1) is 11.8 Å². The highest BCUT2D eigenvalue weighted by atomic mass is 32.2. The van der Waals surface area contributed by atoms with E-state index in [1.165, 1.54) is 5.56 Å². The molecule has 0 spiro atoms. The molecule has 1 saturated heterocycles. The lowest BCUT2D eigenvalue weighted by Gasteiger charge is -2.26. The molecule has 1 atom stereocenters. The van der Waals surface area contributed by atoms with Gasteiger partial charge < -0.3 is 10.1 Å². The maximum absolute atomic E-state index is 12.1. The molecule has 0 saturated carbocycles. The third kappa shape index (κ3) is 5.99. The lowest BCUT2D eigenvalue weighted by atomic mass is 10.2. The van der Waals surface area contributed by atoms with Crippen LogP contribution in [0.15, 0.2) is 29.2 Å². The van der Waals surface area contributed by atoms with E-state index in [-0.39, 0.29) is 11.2 Å². The van der Waals surface area contributed by atoms with E-state index in [9.17, 15) is 4.79 Å². The number of carbonyl (C=O) groups excluding carboxylic acids is 1. The summed E-state index contributed by atoms with van der Waals surface area (Å²) in [5.74, 6) is 0.118. The Balaban J connectivity index is 1.62. The van der Waals surface area contributed by atoms with Gasteiger partial charge in [-0.1, -0.05) is 17.7 Å². The Bertz CT molecular complexity index is 458. The topological polar surface area (TPSA) is 41.6 Å². The van der Waals surface area contributed by atoms with Crippen LogP contribution in [0, 0.1) is 6.92 Å². The summed E-state index contributed by atoms with van der Waals surface area (Å²) < 4.78 is 5.33. The summed E-state index contributed by atoms with van der Waals surface area (Å²) >= 11 is 1.61. The number of nitrogens with one attached hydrogen (secondary N) is 1. The van der Waals surface area contributed by atoms with Crippen LogP contribution < -0.4 is 5.32 Å². The molecule has 1 aromatic carbocycles.